The van der Waals surface area contributed by atoms with Crippen molar-refractivity contribution in [3.63, 3.8) is 0 Å². The molecule has 3 nitrogen and oxygen atoms in total. The van der Waals surface area contributed by atoms with E-state index in [4.69, 9.17) is 0 Å². The van der Waals surface area contributed by atoms with E-state index < -0.39 is 17.6 Å². The van der Waals surface area contributed by atoms with Gasteiger partial charge in [-0.1, -0.05) is 6.07 Å². The Labute approximate surface area is 99.9 Å². The van der Waals surface area contributed by atoms with Crippen LogP contribution in [0.25, 0.3) is 0 Å². The maximum absolute atomic E-state index is 13.0. The predicted molar refractivity (Wildman–Crippen MR) is 57.3 cm³/mol. The van der Waals surface area contributed by atoms with Gasteiger partial charge in [-0.25, -0.2) is 9.37 Å². The van der Waals surface area contributed by atoms with Gasteiger partial charge in [0.15, 0.2) is 5.95 Å². The van der Waals surface area contributed by atoms with E-state index in [1.165, 1.54) is 12.3 Å². The van der Waals surface area contributed by atoms with E-state index in [0.29, 0.717) is 11.5 Å². The minimum Gasteiger partial charge on any atom is -0.352 e. The number of aromatic nitrogens is 2. The number of anilines is 1. The predicted octanol–water partition coefficient (Wildman–Crippen LogP) is 3.18. The summed E-state index contributed by atoms with van der Waals surface area (Å²) in [6.07, 6.45) is -1.60. The second kappa shape index (κ2) is 4.67. The number of halogens is 4. The number of hydrogen-bond donors (Lipinski definition) is 2. The van der Waals surface area contributed by atoms with E-state index in [0.717, 1.165) is 12.1 Å². The lowest BCUT2D eigenvalue weighted by Gasteiger charge is -2.10. The maximum atomic E-state index is 13.0. The Morgan fingerprint density at radius 2 is 2.06 bits per heavy atom. The topological polar surface area (TPSA) is 40.7 Å². The van der Waals surface area contributed by atoms with Crippen molar-refractivity contribution < 1.29 is 17.6 Å². The highest BCUT2D eigenvalue weighted by atomic mass is 19.4. The largest absolute Gasteiger partial charge is 0.419 e. The standard InChI is InChI=1S/C11H9F4N3/c12-9-2-1-7(5-8(9)11(13,14)15)6-18-10-16-3-4-17-10/h1-5H,6H2,(H2,16,17,18)/i12-1. The van der Waals surface area contributed by atoms with Crippen LogP contribution in [0.4, 0.5) is 23.5 Å². The smallest absolute Gasteiger partial charge is 0.352 e. The molecule has 0 aliphatic carbocycles. The van der Waals surface area contributed by atoms with Crippen molar-refractivity contribution in [1.82, 2.24) is 9.97 Å². The Hall–Kier alpha value is -2.05. The molecule has 0 saturated heterocycles. The van der Waals surface area contributed by atoms with Crippen LogP contribution in [-0.2, 0) is 12.7 Å². The van der Waals surface area contributed by atoms with Gasteiger partial charge in [0, 0.05) is 18.9 Å². The first-order valence-electron chi connectivity index (χ1n) is 5.05. The molecule has 0 atom stereocenters. The van der Waals surface area contributed by atoms with Crippen molar-refractivity contribution in [3.8, 4) is 0 Å². The summed E-state index contributed by atoms with van der Waals surface area (Å²) in [4.78, 5) is 6.60. The van der Waals surface area contributed by atoms with Gasteiger partial charge in [0.1, 0.15) is 5.82 Å². The highest BCUT2D eigenvalue weighted by molar-refractivity contribution is 5.31. The Kier molecular flexibility index (Phi) is 3.22. The van der Waals surface area contributed by atoms with Gasteiger partial charge in [0.25, 0.3) is 0 Å². The minimum atomic E-state index is -4.69. The van der Waals surface area contributed by atoms with E-state index in [1.807, 2.05) is 0 Å². The summed E-state index contributed by atoms with van der Waals surface area (Å²) >= 11 is 0. The number of benzene rings is 1. The SMILES string of the molecule is FC(F)(F)c1cc(CNc2ncc[nH]2)ccc1[18F]. The van der Waals surface area contributed by atoms with Crippen LogP contribution < -0.4 is 5.32 Å². The molecule has 0 saturated carbocycles. The molecular formula is C11H9F4N3. The fourth-order valence-corrected chi connectivity index (χ4v) is 1.45. The van der Waals surface area contributed by atoms with E-state index in [1.54, 1.807) is 6.20 Å². The van der Waals surface area contributed by atoms with E-state index in [-0.39, 0.29) is 6.54 Å². The monoisotopic (exact) mass is 258 g/mol. The van der Waals surface area contributed by atoms with Crippen LogP contribution in [0.15, 0.2) is 30.6 Å². The molecule has 0 unspecified atom stereocenters. The molecule has 1 heterocycles. The molecule has 2 rings (SSSR count). The number of nitrogens with zero attached hydrogens (tertiary/aromatic N) is 1. The molecule has 96 valence electrons. The molecule has 0 aliphatic heterocycles. The molecule has 0 spiro atoms. The third kappa shape index (κ3) is 2.79. The summed E-state index contributed by atoms with van der Waals surface area (Å²) in [5, 5.41) is 2.78. The van der Waals surface area contributed by atoms with Crippen LogP contribution in [0.1, 0.15) is 11.1 Å². The summed E-state index contributed by atoms with van der Waals surface area (Å²) in [5.41, 5.74) is -0.943. The van der Waals surface area contributed by atoms with Gasteiger partial charge >= 0.3 is 6.18 Å². The molecule has 2 aromatic rings. The van der Waals surface area contributed by atoms with Crippen molar-refractivity contribution in [2.24, 2.45) is 0 Å². The number of hydrogen-bond acceptors (Lipinski definition) is 2. The lowest BCUT2D eigenvalue weighted by Crippen LogP contribution is -2.10. The van der Waals surface area contributed by atoms with Crippen LogP contribution in [-0.4, -0.2) is 9.97 Å². The second-order valence-corrected chi connectivity index (χ2v) is 3.60. The molecule has 0 bridgehead atoms. The Morgan fingerprint density at radius 1 is 1.28 bits per heavy atom. The van der Waals surface area contributed by atoms with E-state index in [9.17, 15) is 17.6 Å². The summed E-state index contributed by atoms with van der Waals surface area (Å²) < 4.78 is 50.4. The van der Waals surface area contributed by atoms with Crippen molar-refractivity contribution in [2.75, 3.05) is 5.32 Å². The van der Waals surface area contributed by atoms with Gasteiger partial charge in [-0.15, -0.1) is 0 Å². The zero-order chi connectivity index (χ0) is 13.2. The molecule has 0 fully saturated rings. The maximum Gasteiger partial charge on any atom is 0.419 e. The first-order chi connectivity index (χ1) is 8.47. The van der Waals surface area contributed by atoms with Crippen LogP contribution in [0.2, 0.25) is 0 Å². The van der Waals surface area contributed by atoms with Gasteiger partial charge < -0.3 is 10.3 Å². The molecule has 0 amide bonds. The number of rotatable bonds is 3. The Morgan fingerprint density at radius 3 is 2.67 bits per heavy atom. The van der Waals surface area contributed by atoms with Crippen LogP contribution in [0, 0.1) is 5.82 Å². The van der Waals surface area contributed by atoms with Gasteiger partial charge in [0.05, 0.1) is 5.56 Å². The average Bonchev–Trinajstić information content (AvgIpc) is 2.79. The number of H-pyrrole nitrogens is 1. The number of alkyl halides is 3. The highest BCUT2D eigenvalue weighted by Gasteiger charge is 2.34. The first kappa shape index (κ1) is 12.4. The zero-order valence-electron chi connectivity index (χ0n) is 9.05. The van der Waals surface area contributed by atoms with E-state index in [2.05, 4.69) is 15.3 Å². The van der Waals surface area contributed by atoms with Crippen LogP contribution in [0.3, 0.4) is 0 Å². The van der Waals surface area contributed by atoms with Gasteiger partial charge in [-0.05, 0) is 17.7 Å². The average molecular weight is 258 g/mol. The quantitative estimate of drug-likeness (QED) is 0.830. The first-order valence-corrected chi connectivity index (χ1v) is 5.05. The zero-order valence-corrected chi connectivity index (χ0v) is 9.05. The molecule has 0 radical (unpaired) electrons. The third-order valence-corrected chi connectivity index (χ3v) is 2.29. The molecule has 1 aromatic carbocycles. The lowest BCUT2D eigenvalue weighted by atomic mass is 10.1. The summed E-state index contributed by atoms with van der Waals surface area (Å²) in [6, 6.07) is 2.88. The van der Waals surface area contributed by atoms with Crippen LogP contribution >= 0.6 is 0 Å². The molecular weight excluding hydrogens is 249 g/mol. The Balaban J connectivity index is 2.15. The Bertz CT molecular complexity index is 520. The summed E-state index contributed by atoms with van der Waals surface area (Å²) in [7, 11) is 0. The fourth-order valence-electron chi connectivity index (χ4n) is 1.45. The van der Waals surface area contributed by atoms with Crippen LogP contribution in [0.5, 0.6) is 0 Å². The summed E-state index contributed by atoms with van der Waals surface area (Å²) in [6.45, 7) is 0.122. The number of imidazole rings is 1. The second-order valence-electron chi connectivity index (χ2n) is 3.60. The van der Waals surface area contributed by atoms with Gasteiger partial charge in [-0.2, -0.15) is 13.2 Å². The van der Waals surface area contributed by atoms with Gasteiger partial charge in [-0.3, -0.25) is 0 Å². The number of aromatic amines is 1. The van der Waals surface area contributed by atoms with Crippen molar-refractivity contribution >= 4 is 5.95 Å². The fraction of sp³-hybridized carbons (Fsp3) is 0.182. The molecule has 1 aromatic heterocycles. The molecule has 2 N–H and O–H groups in total. The van der Waals surface area contributed by atoms with Crippen molar-refractivity contribution in [1.29, 1.82) is 0 Å². The van der Waals surface area contributed by atoms with Crippen molar-refractivity contribution in [2.45, 2.75) is 12.7 Å². The van der Waals surface area contributed by atoms with E-state index >= 15 is 0 Å². The van der Waals surface area contributed by atoms with Gasteiger partial charge in [0.2, 0.25) is 0 Å². The van der Waals surface area contributed by atoms with Crippen molar-refractivity contribution in [3.05, 3.63) is 47.5 Å². The third-order valence-electron chi connectivity index (χ3n) is 2.29. The summed E-state index contributed by atoms with van der Waals surface area (Å²) in [5.74, 6) is -0.836. The lowest BCUT2D eigenvalue weighted by molar-refractivity contribution is -0.140. The minimum absolute atomic E-state index is 0.122. The highest BCUT2D eigenvalue weighted by Crippen LogP contribution is 2.31. The molecule has 18 heavy (non-hydrogen) atoms. The molecule has 0 aliphatic rings. The number of nitrogens with one attached hydrogen (secondary N) is 2. The normalized spacial score (nSPS) is 11.6. The molecule has 7 heteroatoms.